The maximum atomic E-state index is 13.0. The van der Waals surface area contributed by atoms with Crippen LogP contribution in [0.3, 0.4) is 0 Å². The van der Waals surface area contributed by atoms with Gasteiger partial charge >= 0.3 is 0 Å². The van der Waals surface area contributed by atoms with Crippen molar-refractivity contribution in [1.29, 1.82) is 0 Å². The van der Waals surface area contributed by atoms with Crippen LogP contribution in [0, 0.1) is 5.82 Å². The van der Waals surface area contributed by atoms with Gasteiger partial charge in [0.05, 0.1) is 0 Å². The first-order valence-electron chi connectivity index (χ1n) is 7.43. The van der Waals surface area contributed by atoms with Gasteiger partial charge in [-0.25, -0.2) is 4.39 Å². The largest absolute Gasteiger partial charge is 0.484 e. The molecule has 0 spiro atoms. The molecule has 2 aromatic rings. The van der Waals surface area contributed by atoms with E-state index in [9.17, 15) is 14.0 Å². The molecule has 0 atom stereocenters. The van der Waals surface area contributed by atoms with Crippen molar-refractivity contribution in [2.45, 2.75) is 6.54 Å². The molecule has 6 heteroatoms. The minimum absolute atomic E-state index is 0.158. The smallest absolute Gasteiger partial charge is 0.260 e. The van der Waals surface area contributed by atoms with Crippen LogP contribution in [0.1, 0.15) is 15.9 Å². The monoisotopic (exact) mass is 330 g/mol. The minimum atomic E-state index is -0.412. The SMILES string of the molecule is CNC(=O)c1ccc(CN(C)C(=O)COc2cccc(F)c2)cc1. The summed E-state index contributed by atoms with van der Waals surface area (Å²) in [6.45, 7) is 0.218. The average molecular weight is 330 g/mol. The van der Waals surface area contributed by atoms with Gasteiger partial charge in [-0.3, -0.25) is 9.59 Å². The molecule has 0 saturated carbocycles. The summed E-state index contributed by atoms with van der Waals surface area (Å²) >= 11 is 0. The molecule has 0 bridgehead atoms. The summed E-state index contributed by atoms with van der Waals surface area (Å²) in [6.07, 6.45) is 0. The molecule has 1 N–H and O–H groups in total. The van der Waals surface area contributed by atoms with Gasteiger partial charge in [-0.15, -0.1) is 0 Å². The number of benzene rings is 2. The van der Waals surface area contributed by atoms with Gasteiger partial charge in [0.25, 0.3) is 11.8 Å². The number of rotatable bonds is 6. The molecule has 0 fully saturated rings. The topological polar surface area (TPSA) is 58.6 Å². The molecule has 2 rings (SSSR count). The second kappa shape index (κ2) is 8.10. The first kappa shape index (κ1) is 17.5. The van der Waals surface area contributed by atoms with E-state index in [2.05, 4.69) is 5.32 Å². The summed E-state index contributed by atoms with van der Waals surface area (Å²) in [6, 6.07) is 12.6. The molecule has 0 aliphatic rings. The van der Waals surface area contributed by atoms with Gasteiger partial charge in [-0.2, -0.15) is 0 Å². The van der Waals surface area contributed by atoms with Crippen LogP contribution < -0.4 is 10.1 Å². The van der Waals surface area contributed by atoms with Crippen molar-refractivity contribution in [1.82, 2.24) is 10.2 Å². The molecule has 2 amide bonds. The molecule has 0 heterocycles. The summed E-state index contributed by atoms with van der Waals surface area (Å²) in [4.78, 5) is 25.1. The number of ether oxygens (including phenoxy) is 1. The number of nitrogens with zero attached hydrogens (tertiary/aromatic N) is 1. The van der Waals surface area contributed by atoms with Crippen molar-refractivity contribution < 1.29 is 18.7 Å². The first-order chi connectivity index (χ1) is 11.5. The Morgan fingerprint density at radius 1 is 1.17 bits per heavy atom. The van der Waals surface area contributed by atoms with E-state index in [0.717, 1.165) is 5.56 Å². The number of carbonyl (C=O) groups is 2. The molecule has 0 aliphatic carbocycles. The van der Waals surface area contributed by atoms with Crippen molar-refractivity contribution in [2.75, 3.05) is 20.7 Å². The van der Waals surface area contributed by atoms with E-state index in [-0.39, 0.29) is 18.4 Å². The van der Waals surface area contributed by atoms with E-state index in [4.69, 9.17) is 4.74 Å². The van der Waals surface area contributed by atoms with Crippen LogP contribution in [0.5, 0.6) is 5.75 Å². The summed E-state index contributed by atoms with van der Waals surface area (Å²) in [7, 11) is 3.23. The average Bonchev–Trinajstić information content (AvgIpc) is 2.59. The maximum absolute atomic E-state index is 13.0. The Bertz CT molecular complexity index is 716. The normalized spacial score (nSPS) is 10.1. The number of likely N-dealkylation sites (N-methyl/N-ethyl adjacent to an activating group) is 1. The molecular weight excluding hydrogens is 311 g/mol. The number of hydrogen-bond donors (Lipinski definition) is 1. The quantitative estimate of drug-likeness (QED) is 0.883. The molecule has 2 aromatic carbocycles. The number of halogens is 1. The van der Waals surface area contributed by atoms with E-state index in [0.29, 0.717) is 17.9 Å². The highest BCUT2D eigenvalue weighted by Crippen LogP contribution is 2.12. The zero-order valence-electron chi connectivity index (χ0n) is 13.6. The van der Waals surface area contributed by atoms with Crippen LogP contribution in [-0.4, -0.2) is 37.4 Å². The number of hydrogen-bond acceptors (Lipinski definition) is 3. The highest BCUT2D eigenvalue weighted by Gasteiger charge is 2.11. The number of amides is 2. The Morgan fingerprint density at radius 2 is 1.88 bits per heavy atom. The van der Waals surface area contributed by atoms with Crippen molar-refractivity contribution in [3.63, 3.8) is 0 Å². The van der Waals surface area contributed by atoms with Crippen LogP contribution in [0.15, 0.2) is 48.5 Å². The van der Waals surface area contributed by atoms with Gasteiger partial charge in [-0.05, 0) is 29.8 Å². The fraction of sp³-hybridized carbons (Fsp3) is 0.222. The van der Waals surface area contributed by atoms with E-state index < -0.39 is 5.82 Å². The lowest BCUT2D eigenvalue weighted by molar-refractivity contribution is -0.132. The Kier molecular flexibility index (Phi) is 5.89. The standard InChI is InChI=1S/C18H19FN2O3/c1-20-18(23)14-8-6-13(7-9-14)11-21(2)17(22)12-24-16-5-3-4-15(19)10-16/h3-10H,11-12H2,1-2H3,(H,20,23). The van der Waals surface area contributed by atoms with Gasteiger partial charge in [0.2, 0.25) is 0 Å². The Morgan fingerprint density at radius 3 is 2.50 bits per heavy atom. The molecule has 0 saturated heterocycles. The van der Waals surface area contributed by atoms with E-state index in [1.165, 1.54) is 23.1 Å². The van der Waals surface area contributed by atoms with Crippen LogP contribution >= 0.6 is 0 Å². The second-order valence-electron chi connectivity index (χ2n) is 5.27. The van der Waals surface area contributed by atoms with Crippen LogP contribution in [0.4, 0.5) is 4.39 Å². The Balaban J connectivity index is 1.88. The number of carbonyl (C=O) groups excluding carboxylic acids is 2. The predicted octanol–water partition coefficient (Wildman–Crippen LogP) is 2.22. The maximum Gasteiger partial charge on any atom is 0.260 e. The van der Waals surface area contributed by atoms with E-state index >= 15 is 0 Å². The van der Waals surface area contributed by atoms with Gasteiger partial charge < -0.3 is 15.0 Å². The van der Waals surface area contributed by atoms with Gasteiger partial charge in [0.1, 0.15) is 11.6 Å². The zero-order valence-corrected chi connectivity index (χ0v) is 13.6. The summed E-state index contributed by atoms with van der Waals surface area (Å²) in [5.74, 6) is -0.486. The van der Waals surface area contributed by atoms with Crippen molar-refractivity contribution in [3.05, 3.63) is 65.5 Å². The fourth-order valence-corrected chi connectivity index (χ4v) is 2.08. The summed E-state index contributed by atoms with van der Waals surface area (Å²) in [5, 5.41) is 2.55. The summed E-state index contributed by atoms with van der Waals surface area (Å²) < 4.78 is 18.3. The van der Waals surface area contributed by atoms with Crippen LogP contribution in [0.25, 0.3) is 0 Å². The van der Waals surface area contributed by atoms with Crippen LogP contribution in [-0.2, 0) is 11.3 Å². The summed E-state index contributed by atoms with van der Waals surface area (Å²) in [5.41, 5.74) is 1.45. The Labute approximate surface area is 140 Å². The molecule has 0 aliphatic heterocycles. The van der Waals surface area contributed by atoms with Gasteiger partial charge in [-0.1, -0.05) is 18.2 Å². The third-order valence-corrected chi connectivity index (χ3v) is 3.45. The van der Waals surface area contributed by atoms with Crippen molar-refractivity contribution in [2.24, 2.45) is 0 Å². The zero-order chi connectivity index (χ0) is 17.5. The molecular formula is C18H19FN2O3. The fourth-order valence-electron chi connectivity index (χ4n) is 2.08. The lowest BCUT2D eigenvalue weighted by Crippen LogP contribution is -2.31. The van der Waals surface area contributed by atoms with E-state index in [1.54, 1.807) is 44.4 Å². The second-order valence-corrected chi connectivity index (χ2v) is 5.27. The van der Waals surface area contributed by atoms with Crippen molar-refractivity contribution >= 4 is 11.8 Å². The lowest BCUT2D eigenvalue weighted by Gasteiger charge is -2.17. The minimum Gasteiger partial charge on any atom is -0.484 e. The molecule has 126 valence electrons. The van der Waals surface area contributed by atoms with Gasteiger partial charge in [0, 0.05) is 32.3 Å². The third kappa shape index (κ3) is 4.81. The van der Waals surface area contributed by atoms with Crippen molar-refractivity contribution in [3.8, 4) is 5.75 Å². The predicted molar refractivity (Wildman–Crippen MR) is 88.2 cm³/mol. The molecule has 0 radical (unpaired) electrons. The third-order valence-electron chi connectivity index (χ3n) is 3.45. The van der Waals surface area contributed by atoms with E-state index in [1.807, 2.05) is 0 Å². The van der Waals surface area contributed by atoms with Crippen LogP contribution in [0.2, 0.25) is 0 Å². The Hall–Kier alpha value is -2.89. The molecule has 5 nitrogen and oxygen atoms in total. The molecule has 0 unspecified atom stereocenters. The van der Waals surface area contributed by atoms with Gasteiger partial charge in [0.15, 0.2) is 6.61 Å². The lowest BCUT2D eigenvalue weighted by atomic mass is 10.1. The molecule has 24 heavy (non-hydrogen) atoms. The number of nitrogens with one attached hydrogen (secondary N) is 1. The highest BCUT2D eigenvalue weighted by molar-refractivity contribution is 5.93. The molecule has 0 aromatic heterocycles. The highest BCUT2D eigenvalue weighted by atomic mass is 19.1. The first-order valence-corrected chi connectivity index (χ1v) is 7.43.